The highest BCUT2D eigenvalue weighted by atomic mass is 16.2. The van der Waals surface area contributed by atoms with E-state index >= 15 is 0 Å². The van der Waals surface area contributed by atoms with Gasteiger partial charge in [0.2, 0.25) is 11.8 Å². The van der Waals surface area contributed by atoms with Gasteiger partial charge >= 0.3 is 0 Å². The SMILES string of the molecule is O=C(CC(c1ccccc1)c1ccccc1)NCC(=O)Nc1ccc(-n2cccn2)cc1. The summed E-state index contributed by atoms with van der Waals surface area (Å²) in [7, 11) is 0. The summed E-state index contributed by atoms with van der Waals surface area (Å²) in [5, 5.41) is 9.72. The number of nitrogens with one attached hydrogen (secondary N) is 2. The molecule has 2 N–H and O–H groups in total. The number of carbonyl (C=O) groups is 2. The maximum Gasteiger partial charge on any atom is 0.243 e. The summed E-state index contributed by atoms with van der Waals surface area (Å²) in [6, 6.07) is 29.0. The second kappa shape index (κ2) is 10.2. The fourth-order valence-corrected chi connectivity index (χ4v) is 3.56. The van der Waals surface area contributed by atoms with Crippen molar-refractivity contribution in [3.63, 3.8) is 0 Å². The predicted molar refractivity (Wildman–Crippen MR) is 125 cm³/mol. The number of hydrogen-bond donors (Lipinski definition) is 2. The molecule has 3 aromatic carbocycles. The monoisotopic (exact) mass is 424 g/mol. The Morgan fingerprint density at radius 2 is 1.41 bits per heavy atom. The summed E-state index contributed by atoms with van der Waals surface area (Å²) in [4.78, 5) is 24.9. The van der Waals surface area contributed by atoms with Crippen LogP contribution in [-0.4, -0.2) is 28.1 Å². The van der Waals surface area contributed by atoms with Gasteiger partial charge in [-0.15, -0.1) is 0 Å². The quantitative estimate of drug-likeness (QED) is 0.446. The van der Waals surface area contributed by atoms with E-state index in [0.717, 1.165) is 16.8 Å². The van der Waals surface area contributed by atoms with E-state index in [1.807, 2.05) is 85.1 Å². The van der Waals surface area contributed by atoms with Crippen LogP contribution in [0.5, 0.6) is 0 Å². The minimum absolute atomic E-state index is 0.0738. The fraction of sp³-hybridized carbons (Fsp3) is 0.115. The fourth-order valence-electron chi connectivity index (χ4n) is 3.56. The Hall–Kier alpha value is -4.19. The molecule has 0 radical (unpaired) electrons. The molecule has 32 heavy (non-hydrogen) atoms. The van der Waals surface area contributed by atoms with Crippen LogP contribution in [0.3, 0.4) is 0 Å². The summed E-state index contributed by atoms with van der Waals surface area (Å²) in [5.41, 5.74) is 3.69. The van der Waals surface area contributed by atoms with E-state index < -0.39 is 0 Å². The molecule has 1 heterocycles. The maximum atomic E-state index is 12.6. The maximum absolute atomic E-state index is 12.6. The highest BCUT2D eigenvalue weighted by Crippen LogP contribution is 2.27. The molecular weight excluding hydrogens is 400 g/mol. The van der Waals surface area contributed by atoms with Crippen molar-refractivity contribution in [2.45, 2.75) is 12.3 Å². The van der Waals surface area contributed by atoms with Crippen molar-refractivity contribution in [2.75, 3.05) is 11.9 Å². The Bertz CT molecular complexity index is 1100. The summed E-state index contributed by atoms with van der Waals surface area (Å²) in [5.74, 6) is -0.525. The average Bonchev–Trinajstić information content (AvgIpc) is 3.38. The lowest BCUT2D eigenvalue weighted by Crippen LogP contribution is -2.33. The number of carbonyl (C=O) groups excluding carboxylic acids is 2. The zero-order valence-corrected chi connectivity index (χ0v) is 17.5. The molecule has 0 aliphatic rings. The molecule has 1 aromatic heterocycles. The highest BCUT2D eigenvalue weighted by Gasteiger charge is 2.18. The Balaban J connectivity index is 1.32. The van der Waals surface area contributed by atoms with Crippen molar-refractivity contribution >= 4 is 17.5 Å². The molecule has 0 aliphatic heterocycles. The van der Waals surface area contributed by atoms with E-state index in [2.05, 4.69) is 15.7 Å². The van der Waals surface area contributed by atoms with E-state index in [9.17, 15) is 9.59 Å². The lowest BCUT2D eigenvalue weighted by molar-refractivity contribution is -0.124. The first-order valence-corrected chi connectivity index (χ1v) is 10.5. The van der Waals surface area contributed by atoms with Crippen LogP contribution >= 0.6 is 0 Å². The largest absolute Gasteiger partial charge is 0.347 e. The minimum atomic E-state index is -0.277. The molecule has 0 fully saturated rings. The van der Waals surface area contributed by atoms with Crippen molar-refractivity contribution in [1.29, 1.82) is 0 Å². The number of hydrogen-bond acceptors (Lipinski definition) is 3. The van der Waals surface area contributed by atoms with Gasteiger partial charge in [-0.2, -0.15) is 5.10 Å². The smallest absolute Gasteiger partial charge is 0.243 e. The van der Waals surface area contributed by atoms with Gasteiger partial charge in [-0.05, 0) is 41.5 Å². The first-order valence-electron chi connectivity index (χ1n) is 10.5. The van der Waals surface area contributed by atoms with Gasteiger partial charge in [0, 0.05) is 30.4 Å². The molecule has 4 rings (SSSR count). The van der Waals surface area contributed by atoms with Crippen LogP contribution in [0.1, 0.15) is 23.5 Å². The standard InChI is InChI=1S/C26H24N4O2/c31-25(18-24(20-8-3-1-4-9-20)21-10-5-2-6-11-21)27-19-26(32)29-22-12-14-23(15-13-22)30-17-7-16-28-30/h1-17,24H,18-19H2,(H,27,31)(H,29,32). The van der Waals surface area contributed by atoms with E-state index in [0.29, 0.717) is 5.69 Å². The Morgan fingerprint density at radius 3 is 1.97 bits per heavy atom. The highest BCUT2D eigenvalue weighted by molar-refractivity contribution is 5.94. The topological polar surface area (TPSA) is 76.0 Å². The van der Waals surface area contributed by atoms with Gasteiger partial charge in [-0.25, -0.2) is 4.68 Å². The van der Waals surface area contributed by atoms with Gasteiger partial charge in [-0.3, -0.25) is 9.59 Å². The summed E-state index contributed by atoms with van der Waals surface area (Å²) < 4.78 is 1.74. The molecule has 0 saturated heterocycles. The normalized spacial score (nSPS) is 10.7. The molecule has 6 nitrogen and oxygen atoms in total. The van der Waals surface area contributed by atoms with Crippen molar-refractivity contribution in [3.05, 3.63) is 115 Å². The molecule has 6 heteroatoms. The number of aromatic nitrogens is 2. The number of rotatable bonds is 8. The number of nitrogens with zero attached hydrogens (tertiary/aromatic N) is 2. The van der Waals surface area contributed by atoms with Gasteiger partial charge in [0.1, 0.15) is 0 Å². The molecular formula is C26H24N4O2. The lowest BCUT2D eigenvalue weighted by Gasteiger charge is -2.18. The molecule has 160 valence electrons. The zero-order valence-electron chi connectivity index (χ0n) is 17.5. The second-order valence-corrected chi connectivity index (χ2v) is 7.40. The first-order chi connectivity index (χ1) is 15.7. The third kappa shape index (κ3) is 5.49. The predicted octanol–water partition coefficient (Wildman–Crippen LogP) is 4.15. The van der Waals surface area contributed by atoms with Crippen LogP contribution in [0.25, 0.3) is 5.69 Å². The molecule has 2 amide bonds. The van der Waals surface area contributed by atoms with Gasteiger partial charge in [0.25, 0.3) is 0 Å². The second-order valence-electron chi connectivity index (χ2n) is 7.40. The van der Waals surface area contributed by atoms with Gasteiger partial charge in [-0.1, -0.05) is 60.7 Å². The van der Waals surface area contributed by atoms with E-state index in [-0.39, 0.29) is 30.7 Å². The molecule has 0 saturated carbocycles. The third-order valence-electron chi connectivity index (χ3n) is 5.16. The van der Waals surface area contributed by atoms with Crippen molar-refractivity contribution in [3.8, 4) is 5.69 Å². The van der Waals surface area contributed by atoms with Crippen LogP contribution in [-0.2, 0) is 9.59 Å². The van der Waals surface area contributed by atoms with Crippen LogP contribution in [0, 0.1) is 0 Å². The van der Waals surface area contributed by atoms with Gasteiger partial charge < -0.3 is 10.6 Å². The molecule has 0 unspecified atom stereocenters. The van der Waals surface area contributed by atoms with Crippen molar-refractivity contribution in [1.82, 2.24) is 15.1 Å². The Morgan fingerprint density at radius 1 is 0.781 bits per heavy atom. The van der Waals surface area contributed by atoms with Gasteiger partial charge in [0.05, 0.1) is 12.2 Å². The van der Waals surface area contributed by atoms with Crippen LogP contribution in [0.4, 0.5) is 5.69 Å². The first kappa shape index (κ1) is 21.1. The van der Waals surface area contributed by atoms with Gasteiger partial charge in [0.15, 0.2) is 0 Å². The van der Waals surface area contributed by atoms with Crippen molar-refractivity contribution in [2.24, 2.45) is 0 Å². The molecule has 0 bridgehead atoms. The van der Waals surface area contributed by atoms with Crippen molar-refractivity contribution < 1.29 is 9.59 Å². The number of amides is 2. The summed E-state index contributed by atoms with van der Waals surface area (Å²) in [6.45, 7) is -0.0873. The van der Waals surface area contributed by atoms with Crippen LogP contribution < -0.4 is 10.6 Å². The summed E-state index contributed by atoms with van der Waals surface area (Å²) in [6.07, 6.45) is 3.82. The number of benzene rings is 3. The third-order valence-corrected chi connectivity index (χ3v) is 5.16. The minimum Gasteiger partial charge on any atom is -0.347 e. The lowest BCUT2D eigenvalue weighted by atomic mass is 9.88. The molecule has 4 aromatic rings. The average molecular weight is 425 g/mol. The van der Waals surface area contributed by atoms with E-state index in [1.165, 1.54) is 0 Å². The molecule has 0 aliphatic carbocycles. The Kier molecular flexibility index (Phi) is 6.72. The molecule has 0 spiro atoms. The molecule has 0 atom stereocenters. The Labute approximate surface area is 186 Å². The van der Waals surface area contributed by atoms with Crippen LogP contribution in [0.15, 0.2) is 103 Å². The van der Waals surface area contributed by atoms with Crippen LogP contribution in [0.2, 0.25) is 0 Å². The number of anilines is 1. The summed E-state index contributed by atoms with van der Waals surface area (Å²) >= 11 is 0. The van der Waals surface area contributed by atoms with E-state index in [4.69, 9.17) is 0 Å². The van der Waals surface area contributed by atoms with E-state index in [1.54, 1.807) is 23.0 Å². The zero-order chi connectivity index (χ0) is 22.2.